The van der Waals surface area contributed by atoms with Crippen molar-refractivity contribution in [2.24, 2.45) is 11.7 Å². The van der Waals surface area contributed by atoms with E-state index in [0.717, 1.165) is 5.56 Å². The van der Waals surface area contributed by atoms with E-state index in [2.05, 4.69) is 0 Å². The molecule has 1 aliphatic carbocycles. The van der Waals surface area contributed by atoms with Gasteiger partial charge >= 0.3 is 0 Å². The molecule has 2 nitrogen and oxygen atoms in total. The van der Waals surface area contributed by atoms with Crippen LogP contribution in [-0.2, 0) is 0 Å². The second kappa shape index (κ2) is 4.18. The average molecular weight is 219 g/mol. The van der Waals surface area contributed by atoms with Crippen molar-refractivity contribution in [2.45, 2.75) is 19.4 Å². The van der Waals surface area contributed by atoms with E-state index < -0.39 is 5.82 Å². The predicted octanol–water partition coefficient (Wildman–Crippen LogP) is 2.22. The Kier molecular flexibility index (Phi) is 2.88. The minimum Gasteiger partial charge on any atom is -0.324 e. The van der Waals surface area contributed by atoms with E-state index in [9.17, 15) is 9.18 Å². The zero-order valence-corrected chi connectivity index (χ0v) is 9.11. The van der Waals surface area contributed by atoms with E-state index in [-0.39, 0.29) is 23.3 Å². The smallest absolute Gasteiger partial charge is 0.172 e. The van der Waals surface area contributed by atoms with Crippen molar-refractivity contribution in [3.8, 4) is 0 Å². The Morgan fingerprint density at radius 1 is 1.44 bits per heavy atom. The SMILES string of the molecule is Cc1ccc(F)c(C(=O)C2C=CC(N)C2)c1. The fourth-order valence-corrected chi connectivity index (χ4v) is 1.95. The first kappa shape index (κ1) is 11.0. The van der Waals surface area contributed by atoms with Gasteiger partial charge in [-0.3, -0.25) is 4.79 Å². The monoisotopic (exact) mass is 219 g/mol. The topological polar surface area (TPSA) is 43.1 Å². The van der Waals surface area contributed by atoms with E-state index >= 15 is 0 Å². The number of carbonyl (C=O) groups excluding carboxylic acids is 1. The molecular weight excluding hydrogens is 205 g/mol. The number of Topliss-reactive ketones (excluding diaryl/α,β-unsaturated/α-hetero) is 1. The highest BCUT2D eigenvalue weighted by Crippen LogP contribution is 2.23. The second-order valence-corrected chi connectivity index (χ2v) is 4.24. The minimum atomic E-state index is -0.454. The summed E-state index contributed by atoms with van der Waals surface area (Å²) in [4.78, 5) is 12.0. The van der Waals surface area contributed by atoms with Crippen molar-refractivity contribution in [1.29, 1.82) is 0 Å². The molecule has 2 N–H and O–H groups in total. The van der Waals surface area contributed by atoms with E-state index in [1.54, 1.807) is 24.3 Å². The van der Waals surface area contributed by atoms with Gasteiger partial charge in [-0.1, -0.05) is 23.8 Å². The molecule has 2 unspecified atom stereocenters. The van der Waals surface area contributed by atoms with E-state index in [1.807, 2.05) is 6.92 Å². The summed E-state index contributed by atoms with van der Waals surface area (Å²) in [5, 5.41) is 0. The van der Waals surface area contributed by atoms with Crippen LogP contribution in [0.2, 0.25) is 0 Å². The normalized spacial score (nSPS) is 23.7. The molecule has 0 saturated heterocycles. The van der Waals surface area contributed by atoms with Crippen LogP contribution in [0, 0.1) is 18.7 Å². The summed E-state index contributed by atoms with van der Waals surface area (Å²) >= 11 is 0. The molecule has 0 aromatic heterocycles. The van der Waals surface area contributed by atoms with Gasteiger partial charge in [0.15, 0.2) is 5.78 Å². The lowest BCUT2D eigenvalue weighted by Gasteiger charge is -2.09. The molecule has 84 valence electrons. The summed E-state index contributed by atoms with van der Waals surface area (Å²) < 4.78 is 13.5. The lowest BCUT2D eigenvalue weighted by molar-refractivity contribution is 0.0939. The van der Waals surface area contributed by atoms with Crippen molar-refractivity contribution in [3.05, 3.63) is 47.3 Å². The van der Waals surface area contributed by atoms with E-state index in [4.69, 9.17) is 5.73 Å². The molecule has 2 atom stereocenters. The molecule has 1 aliphatic rings. The Hall–Kier alpha value is -1.48. The lowest BCUT2D eigenvalue weighted by Crippen LogP contribution is -2.19. The van der Waals surface area contributed by atoms with Gasteiger partial charge < -0.3 is 5.73 Å². The molecule has 3 heteroatoms. The van der Waals surface area contributed by atoms with Crippen LogP contribution in [0.1, 0.15) is 22.3 Å². The molecule has 0 saturated carbocycles. The molecule has 0 radical (unpaired) electrons. The van der Waals surface area contributed by atoms with Crippen molar-refractivity contribution in [3.63, 3.8) is 0 Å². The number of ketones is 1. The number of halogens is 1. The van der Waals surface area contributed by atoms with Gasteiger partial charge in [0, 0.05) is 12.0 Å². The number of aryl methyl sites for hydroxylation is 1. The van der Waals surface area contributed by atoms with Gasteiger partial charge in [-0.05, 0) is 25.5 Å². The molecule has 16 heavy (non-hydrogen) atoms. The summed E-state index contributed by atoms with van der Waals surface area (Å²) in [6, 6.07) is 4.50. The third-order valence-electron chi connectivity index (χ3n) is 2.84. The van der Waals surface area contributed by atoms with Crippen LogP contribution in [-0.4, -0.2) is 11.8 Å². The highest BCUT2D eigenvalue weighted by molar-refractivity contribution is 5.99. The third kappa shape index (κ3) is 2.04. The largest absolute Gasteiger partial charge is 0.324 e. The molecule has 1 aromatic carbocycles. The first-order valence-corrected chi connectivity index (χ1v) is 5.32. The molecular formula is C13H14FNO. The maximum Gasteiger partial charge on any atom is 0.172 e. The van der Waals surface area contributed by atoms with Gasteiger partial charge in [0.1, 0.15) is 5.82 Å². The van der Waals surface area contributed by atoms with Gasteiger partial charge in [0.25, 0.3) is 0 Å². The van der Waals surface area contributed by atoms with Crippen molar-refractivity contribution < 1.29 is 9.18 Å². The summed E-state index contributed by atoms with van der Waals surface area (Å²) in [5.74, 6) is -0.902. The first-order valence-electron chi connectivity index (χ1n) is 5.32. The second-order valence-electron chi connectivity index (χ2n) is 4.24. The number of benzene rings is 1. The van der Waals surface area contributed by atoms with Crippen LogP contribution in [0.15, 0.2) is 30.4 Å². The molecule has 0 amide bonds. The molecule has 0 bridgehead atoms. The number of nitrogens with two attached hydrogens (primary N) is 1. The zero-order valence-electron chi connectivity index (χ0n) is 9.11. The average Bonchev–Trinajstić information content (AvgIpc) is 2.67. The summed E-state index contributed by atoms with van der Waals surface area (Å²) in [6.45, 7) is 1.84. The first-order chi connectivity index (χ1) is 7.58. The summed E-state index contributed by atoms with van der Waals surface area (Å²) in [5.41, 5.74) is 6.73. The molecule has 0 heterocycles. The Bertz CT molecular complexity index is 453. The third-order valence-corrected chi connectivity index (χ3v) is 2.84. The Morgan fingerprint density at radius 2 is 2.19 bits per heavy atom. The van der Waals surface area contributed by atoms with Crippen LogP contribution in [0.5, 0.6) is 0 Å². The van der Waals surface area contributed by atoms with Crippen LogP contribution >= 0.6 is 0 Å². The predicted molar refractivity (Wildman–Crippen MR) is 60.7 cm³/mol. The molecule has 1 aromatic rings. The summed E-state index contributed by atoms with van der Waals surface area (Å²) in [7, 11) is 0. The van der Waals surface area contributed by atoms with E-state index in [1.165, 1.54) is 6.07 Å². The zero-order chi connectivity index (χ0) is 11.7. The molecule has 0 fully saturated rings. The van der Waals surface area contributed by atoms with Crippen molar-refractivity contribution in [1.82, 2.24) is 0 Å². The number of hydrogen-bond donors (Lipinski definition) is 1. The number of carbonyl (C=O) groups is 1. The molecule has 0 aliphatic heterocycles. The highest BCUT2D eigenvalue weighted by atomic mass is 19.1. The van der Waals surface area contributed by atoms with Gasteiger partial charge in [-0.2, -0.15) is 0 Å². The number of hydrogen-bond acceptors (Lipinski definition) is 2. The minimum absolute atomic E-state index is 0.0816. The Labute approximate surface area is 94.0 Å². The van der Waals surface area contributed by atoms with Crippen LogP contribution in [0.25, 0.3) is 0 Å². The molecule has 0 spiro atoms. The van der Waals surface area contributed by atoms with Gasteiger partial charge in [0.2, 0.25) is 0 Å². The number of allylic oxidation sites excluding steroid dienone is 1. The lowest BCUT2D eigenvalue weighted by atomic mass is 9.95. The maximum atomic E-state index is 13.5. The Balaban J connectivity index is 2.27. The standard InChI is InChI=1S/C13H14FNO/c1-8-2-5-12(14)11(6-8)13(16)9-3-4-10(15)7-9/h2-6,9-10H,7,15H2,1H3. The number of rotatable bonds is 2. The molecule has 2 rings (SSSR count). The van der Waals surface area contributed by atoms with E-state index in [0.29, 0.717) is 6.42 Å². The van der Waals surface area contributed by atoms with Gasteiger partial charge in [-0.25, -0.2) is 4.39 Å². The van der Waals surface area contributed by atoms with Gasteiger partial charge in [-0.15, -0.1) is 0 Å². The van der Waals surface area contributed by atoms with Crippen LogP contribution in [0.3, 0.4) is 0 Å². The summed E-state index contributed by atoms with van der Waals surface area (Å²) in [6.07, 6.45) is 4.15. The highest BCUT2D eigenvalue weighted by Gasteiger charge is 2.25. The van der Waals surface area contributed by atoms with Crippen molar-refractivity contribution in [2.75, 3.05) is 0 Å². The maximum absolute atomic E-state index is 13.5. The Morgan fingerprint density at radius 3 is 2.81 bits per heavy atom. The fraction of sp³-hybridized carbons (Fsp3) is 0.308. The van der Waals surface area contributed by atoms with Gasteiger partial charge in [0.05, 0.1) is 5.56 Å². The van der Waals surface area contributed by atoms with Crippen LogP contribution < -0.4 is 5.73 Å². The van der Waals surface area contributed by atoms with Crippen LogP contribution in [0.4, 0.5) is 4.39 Å². The van der Waals surface area contributed by atoms with Crippen molar-refractivity contribution >= 4 is 5.78 Å². The quantitative estimate of drug-likeness (QED) is 0.612. The fourth-order valence-electron chi connectivity index (χ4n) is 1.95.